The molecule has 3 aromatic rings. The van der Waals surface area contributed by atoms with Crippen LogP contribution in [0.1, 0.15) is 39.0 Å². The van der Waals surface area contributed by atoms with E-state index in [1.54, 1.807) is 12.4 Å². The highest BCUT2D eigenvalue weighted by Crippen LogP contribution is 2.31. The van der Waals surface area contributed by atoms with Crippen LogP contribution in [-0.4, -0.2) is 22.4 Å². The first kappa shape index (κ1) is 18.2. The molecule has 0 bridgehead atoms. The Labute approximate surface area is 165 Å². The van der Waals surface area contributed by atoms with Gasteiger partial charge in [-0.3, -0.25) is 4.79 Å². The van der Waals surface area contributed by atoms with Gasteiger partial charge in [0.15, 0.2) is 0 Å². The molecule has 1 aliphatic heterocycles. The molecular weight excluding hydrogens is 348 g/mol. The number of carbonyl (C=O) groups is 1. The van der Waals surface area contributed by atoms with Crippen LogP contribution in [0, 0.1) is 20.8 Å². The van der Waals surface area contributed by atoms with Gasteiger partial charge in [-0.1, -0.05) is 35.9 Å². The quantitative estimate of drug-likeness (QED) is 0.721. The molecule has 1 N–H and O–H groups in total. The van der Waals surface area contributed by atoms with Gasteiger partial charge in [0.25, 0.3) is 5.91 Å². The zero-order chi connectivity index (χ0) is 19.7. The molecule has 1 aromatic heterocycles. The van der Waals surface area contributed by atoms with Crippen LogP contribution >= 0.6 is 0 Å². The number of nitrogens with zero attached hydrogens (tertiary/aromatic N) is 3. The van der Waals surface area contributed by atoms with E-state index in [2.05, 4.69) is 57.4 Å². The van der Waals surface area contributed by atoms with Gasteiger partial charge < -0.3 is 10.2 Å². The zero-order valence-electron chi connectivity index (χ0n) is 16.5. The summed E-state index contributed by atoms with van der Waals surface area (Å²) >= 11 is 0. The van der Waals surface area contributed by atoms with Crippen molar-refractivity contribution in [3.63, 3.8) is 0 Å². The van der Waals surface area contributed by atoms with E-state index in [9.17, 15) is 4.79 Å². The van der Waals surface area contributed by atoms with Gasteiger partial charge >= 0.3 is 0 Å². The Bertz CT molecular complexity index is 1000. The van der Waals surface area contributed by atoms with Crippen molar-refractivity contribution in [2.45, 2.75) is 33.6 Å². The summed E-state index contributed by atoms with van der Waals surface area (Å²) in [6.45, 7) is 6.94. The second kappa shape index (κ2) is 7.43. The molecule has 5 nitrogen and oxygen atoms in total. The van der Waals surface area contributed by atoms with E-state index in [0.29, 0.717) is 11.5 Å². The first-order valence-electron chi connectivity index (χ1n) is 9.59. The van der Waals surface area contributed by atoms with Gasteiger partial charge in [0.1, 0.15) is 0 Å². The third-order valence-corrected chi connectivity index (χ3v) is 5.17. The average molecular weight is 372 g/mol. The predicted octanol–water partition coefficient (Wildman–Crippen LogP) is 4.74. The largest absolute Gasteiger partial charge is 0.321 e. The number of aromatic nitrogens is 2. The second-order valence-electron chi connectivity index (χ2n) is 7.38. The molecule has 0 spiro atoms. The molecule has 5 heteroatoms. The lowest BCUT2D eigenvalue weighted by atomic mass is 10.0. The molecule has 2 aromatic carbocycles. The highest BCUT2D eigenvalue weighted by molar-refractivity contribution is 6.04. The van der Waals surface area contributed by atoms with Crippen molar-refractivity contribution >= 4 is 23.2 Å². The molecule has 0 radical (unpaired) electrons. The van der Waals surface area contributed by atoms with Gasteiger partial charge in [0, 0.05) is 30.3 Å². The van der Waals surface area contributed by atoms with Crippen LogP contribution in [0.3, 0.4) is 0 Å². The smallest absolute Gasteiger partial charge is 0.258 e. The number of rotatable bonds is 3. The van der Waals surface area contributed by atoms with Crippen molar-refractivity contribution in [1.82, 2.24) is 9.97 Å². The Morgan fingerprint density at radius 2 is 1.71 bits per heavy atom. The minimum atomic E-state index is -0.194. The van der Waals surface area contributed by atoms with Crippen molar-refractivity contribution in [3.05, 3.63) is 76.6 Å². The van der Waals surface area contributed by atoms with Crippen LogP contribution in [0.2, 0.25) is 0 Å². The lowest BCUT2D eigenvalue weighted by Gasteiger charge is -2.29. The number of amides is 1. The summed E-state index contributed by atoms with van der Waals surface area (Å²) in [5, 5.41) is 3.00. The summed E-state index contributed by atoms with van der Waals surface area (Å²) in [5.41, 5.74) is 7.04. The van der Waals surface area contributed by atoms with Gasteiger partial charge in [0.2, 0.25) is 5.95 Å². The molecule has 1 aliphatic rings. The molecule has 4 rings (SSSR count). The molecule has 142 valence electrons. The Morgan fingerprint density at radius 1 is 1.04 bits per heavy atom. The van der Waals surface area contributed by atoms with Crippen LogP contribution < -0.4 is 10.2 Å². The Hall–Kier alpha value is -3.21. The van der Waals surface area contributed by atoms with E-state index in [4.69, 9.17) is 0 Å². The number of para-hydroxylation sites is 1. The van der Waals surface area contributed by atoms with Crippen LogP contribution in [0.5, 0.6) is 0 Å². The van der Waals surface area contributed by atoms with Gasteiger partial charge in [0.05, 0.1) is 5.56 Å². The lowest BCUT2D eigenvalue weighted by Crippen LogP contribution is -2.26. The van der Waals surface area contributed by atoms with E-state index < -0.39 is 0 Å². The van der Waals surface area contributed by atoms with Gasteiger partial charge in [-0.2, -0.15) is 0 Å². The fourth-order valence-corrected chi connectivity index (χ4v) is 3.88. The van der Waals surface area contributed by atoms with Gasteiger partial charge in [-0.05, 0) is 56.4 Å². The van der Waals surface area contributed by atoms with Crippen molar-refractivity contribution in [3.8, 4) is 0 Å². The van der Waals surface area contributed by atoms with Gasteiger partial charge in [-0.25, -0.2) is 9.97 Å². The average Bonchev–Trinajstić information content (AvgIpc) is 2.70. The summed E-state index contributed by atoms with van der Waals surface area (Å²) in [6, 6.07) is 12.5. The van der Waals surface area contributed by atoms with Crippen molar-refractivity contribution in [1.29, 1.82) is 0 Å². The number of anilines is 3. The summed E-state index contributed by atoms with van der Waals surface area (Å²) in [5.74, 6) is 0.437. The molecular formula is C23H24N4O. The third-order valence-electron chi connectivity index (χ3n) is 5.17. The van der Waals surface area contributed by atoms with Crippen LogP contribution in [-0.2, 0) is 6.42 Å². The van der Waals surface area contributed by atoms with Crippen molar-refractivity contribution in [2.75, 3.05) is 16.8 Å². The number of hydrogen-bond donors (Lipinski definition) is 1. The fourth-order valence-electron chi connectivity index (χ4n) is 3.88. The number of carbonyl (C=O) groups excluding carboxylic acids is 1. The molecule has 28 heavy (non-hydrogen) atoms. The first-order valence-corrected chi connectivity index (χ1v) is 9.59. The van der Waals surface area contributed by atoms with E-state index in [1.807, 2.05) is 19.9 Å². The normalized spacial score (nSPS) is 13.2. The highest BCUT2D eigenvalue weighted by Gasteiger charge is 2.20. The van der Waals surface area contributed by atoms with Crippen LogP contribution in [0.25, 0.3) is 0 Å². The minimum absolute atomic E-state index is 0.194. The standard InChI is InChI=1S/C23H24N4O/c1-15-11-16(2)21(17(3)12-15)26-22(28)19-13-24-23(25-14-19)27-10-6-8-18-7-4-5-9-20(18)27/h4-5,7,9,11-14H,6,8,10H2,1-3H3,(H,26,28). The molecule has 0 saturated heterocycles. The van der Waals surface area contributed by atoms with E-state index >= 15 is 0 Å². The lowest BCUT2D eigenvalue weighted by molar-refractivity contribution is 0.102. The van der Waals surface area contributed by atoms with Crippen LogP contribution in [0.4, 0.5) is 17.3 Å². The van der Waals surface area contributed by atoms with Crippen molar-refractivity contribution in [2.24, 2.45) is 0 Å². The van der Waals surface area contributed by atoms with Crippen molar-refractivity contribution < 1.29 is 4.79 Å². The highest BCUT2D eigenvalue weighted by atomic mass is 16.1. The molecule has 0 fully saturated rings. The number of fused-ring (bicyclic) bond motifs is 1. The van der Waals surface area contributed by atoms with E-state index in [0.717, 1.165) is 41.9 Å². The van der Waals surface area contributed by atoms with E-state index in [-0.39, 0.29) is 5.91 Å². The molecule has 0 saturated carbocycles. The summed E-state index contributed by atoms with van der Waals surface area (Å²) < 4.78 is 0. The summed E-state index contributed by atoms with van der Waals surface area (Å²) in [7, 11) is 0. The summed E-state index contributed by atoms with van der Waals surface area (Å²) in [4.78, 5) is 23.8. The maximum atomic E-state index is 12.7. The van der Waals surface area contributed by atoms with E-state index in [1.165, 1.54) is 11.1 Å². The monoisotopic (exact) mass is 372 g/mol. The Balaban J connectivity index is 1.55. The Morgan fingerprint density at radius 3 is 2.43 bits per heavy atom. The number of nitrogens with one attached hydrogen (secondary N) is 1. The second-order valence-corrected chi connectivity index (χ2v) is 7.38. The maximum Gasteiger partial charge on any atom is 0.258 e. The molecule has 0 atom stereocenters. The fraction of sp³-hybridized carbons (Fsp3) is 0.261. The SMILES string of the molecule is Cc1cc(C)c(NC(=O)c2cnc(N3CCCc4ccccc43)nc2)c(C)c1. The topological polar surface area (TPSA) is 58.1 Å². The third kappa shape index (κ3) is 3.48. The molecule has 0 aliphatic carbocycles. The van der Waals surface area contributed by atoms with Gasteiger partial charge in [-0.15, -0.1) is 0 Å². The zero-order valence-corrected chi connectivity index (χ0v) is 16.5. The Kier molecular flexibility index (Phi) is 4.82. The molecule has 1 amide bonds. The predicted molar refractivity (Wildman–Crippen MR) is 112 cm³/mol. The molecule has 2 heterocycles. The maximum absolute atomic E-state index is 12.7. The number of aryl methyl sites for hydroxylation is 4. The molecule has 0 unspecified atom stereocenters. The number of hydrogen-bond acceptors (Lipinski definition) is 4. The number of benzene rings is 2. The minimum Gasteiger partial charge on any atom is -0.321 e. The first-order chi connectivity index (χ1) is 13.5. The van der Waals surface area contributed by atoms with Crippen LogP contribution in [0.15, 0.2) is 48.8 Å². The summed E-state index contributed by atoms with van der Waals surface area (Å²) in [6.07, 6.45) is 5.35.